The minimum atomic E-state index is -0.104. The van der Waals surface area contributed by atoms with Crippen molar-refractivity contribution in [3.05, 3.63) is 89.5 Å². The fraction of sp³-hybridized carbons (Fsp3) is 0.269. The van der Waals surface area contributed by atoms with Crippen LogP contribution in [0.25, 0.3) is 11.1 Å². The first kappa shape index (κ1) is 18.9. The van der Waals surface area contributed by atoms with Crippen LogP contribution in [0.1, 0.15) is 35.4 Å². The number of fused-ring (bicyclic) bond motifs is 1. The summed E-state index contributed by atoms with van der Waals surface area (Å²) in [6.45, 7) is 3.84. The van der Waals surface area contributed by atoms with Crippen LogP contribution < -0.4 is 10.6 Å². The van der Waals surface area contributed by atoms with Crippen LogP contribution in [0.3, 0.4) is 0 Å². The van der Waals surface area contributed by atoms with Crippen LogP contribution in [0, 0.1) is 0 Å². The van der Waals surface area contributed by atoms with Gasteiger partial charge in [0.15, 0.2) is 0 Å². The number of carbonyl (C=O) groups is 1. The van der Waals surface area contributed by atoms with Gasteiger partial charge >= 0.3 is 6.03 Å². The summed E-state index contributed by atoms with van der Waals surface area (Å²) < 4.78 is 0. The van der Waals surface area contributed by atoms with Crippen molar-refractivity contribution in [2.45, 2.75) is 31.8 Å². The first-order valence-corrected chi connectivity index (χ1v) is 10.8. The topological polar surface area (TPSA) is 44.4 Å². The summed E-state index contributed by atoms with van der Waals surface area (Å²) in [6, 6.07) is 26.0. The van der Waals surface area contributed by atoms with Gasteiger partial charge in [0.05, 0.1) is 0 Å². The van der Waals surface area contributed by atoms with Crippen molar-refractivity contribution >= 4 is 11.7 Å². The van der Waals surface area contributed by atoms with Crippen LogP contribution >= 0.6 is 0 Å². The van der Waals surface area contributed by atoms with Gasteiger partial charge in [-0.1, -0.05) is 66.7 Å². The normalized spacial score (nSPS) is 17.1. The van der Waals surface area contributed by atoms with Crippen LogP contribution in [0.4, 0.5) is 10.5 Å². The summed E-state index contributed by atoms with van der Waals surface area (Å²) >= 11 is 0. The second-order valence-corrected chi connectivity index (χ2v) is 8.34. The van der Waals surface area contributed by atoms with Crippen molar-refractivity contribution in [2.75, 3.05) is 18.4 Å². The second-order valence-electron chi connectivity index (χ2n) is 8.34. The lowest BCUT2D eigenvalue weighted by atomic mass is 9.88. The number of nitrogens with zero attached hydrogens (tertiary/aromatic N) is 1. The third-order valence-electron chi connectivity index (χ3n) is 6.35. The molecule has 2 aliphatic heterocycles. The summed E-state index contributed by atoms with van der Waals surface area (Å²) in [5.74, 6) is 0.568. The SMILES string of the molecule is O=C1NCc2ccc(C3CCN(Cc4ccc(-c5ccccc5)cc4)CC3)cc2N1. The monoisotopic (exact) mass is 397 g/mol. The molecule has 1 fully saturated rings. The van der Waals surface area contributed by atoms with Gasteiger partial charge in [-0.2, -0.15) is 0 Å². The summed E-state index contributed by atoms with van der Waals surface area (Å²) in [6.07, 6.45) is 2.32. The van der Waals surface area contributed by atoms with Gasteiger partial charge in [0, 0.05) is 18.8 Å². The molecule has 2 heterocycles. The smallest absolute Gasteiger partial charge is 0.319 e. The summed E-state index contributed by atoms with van der Waals surface area (Å²) in [5.41, 5.74) is 7.39. The molecule has 2 N–H and O–H groups in total. The van der Waals surface area contributed by atoms with Crippen LogP contribution in [0.5, 0.6) is 0 Å². The van der Waals surface area contributed by atoms with E-state index in [1.807, 2.05) is 0 Å². The zero-order chi connectivity index (χ0) is 20.3. The quantitative estimate of drug-likeness (QED) is 0.622. The van der Waals surface area contributed by atoms with Gasteiger partial charge in [0.2, 0.25) is 0 Å². The number of urea groups is 1. The second kappa shape index (κ2) is 8.33. The predicted octanol–water partition coefficient (Wildman–Crippen LogP) is 5.37. The Hall–Kier alpha value is -3.11. The molecule has 3 aromatic carbocycles. The number of amides is 2. The highest BCUT2D eigenvalue weighted by Gasteiger charge is 2.22. The predicted molar refractivity (Wildman–Crippen MR) is 121 cm³/mol. The molecule has 0 unspecified atom stereocenters. The highest BCUT2D eigenvalue weighted by atomic mass is 16.2. The van der Waals surface area contributed by atoms with Crippen molar-refractivity contribution in [3.8, 4) is 11.1 Å². The molecular weight excluding hydrogens is 370 g/mol. The van der Waals surface area contributed by atoms with Gasteiger partial charge in [-0.15, -0.1) is 0 Å². The first-order chi connectivity index (χ1) is 14.7. The maximum absolute atomic E-state index is 11.6. The molecule has 0 atom stereocenters. The van der Waals surface area contributed by atoms with Crippen molar-refractivity contribution in [3.63, 3.8) is 0 Å². The minimum absolute atomic E-state index is 0.104. The zero-order valence-corrected chi connectivity index (χ0v) is 17.1. The number of hydrogen-bond acceptors (Lipinski definition) is 2. The van der Waals surface area contributed by atoms with Gasteiger partial charge < -0.3 is 10.6 Å². The van der Waals surface area contributed by atoms with Crippen molar-refractivity contribution in [2.24, 2.45) is 0 Å². The first-order valence-electron chi connectivity index (χ1n) is 10.8. The molecule has 4 heteroatoms. The number of anilines is 1. The van der Waals surface area contributed by atoms with Crippen LogP contribution in [-0.2, 0) is 13.1 Å². The highest BCUT2D eigenvalue weighted by molar-refractivity contribution is 5.92. The average molecular weight is 398 g/mol. The molecule has 0 radical (unpaired) electrons. The number of rotatable bonds is 4. The molecule has 0 bridgehead atoms. The van der Waals surface area contributed by atoms with Gasteiger partial charge in [-0.3, -0.25) is 4.90 Å². The number of likely N-dealkylation sites (tertiary alicyclic amines) is 1. The number of benzene rings is 3. The minimum Gasteiger partial charge on any atom is -0.334 e. The van der Waals surface area contributed by atoms with E-state index in [0.29, 0.717) is 12.5 Å². The van der Waals surface area contributed by atoms with Gasteiger partial charge in [-0.25, -0.2) is 4.79 Å². The summed E-state index contributed by atoms with van der Waals surface area (Å²) in [7, 11) is 0. The Morgan fingerprint density at radius 2 is 1.60 bits per heavy atom. The third-order valence-corrected chi connectivity index (χ3v) is 6.35. The Morgan fingerprint density at radius 3 is 2.37 bits per heavy atom. The molecule has 4 nitrogen and oxygen atoms in total. The third kappa shape index (κ3) is 4.10. The molecule has 2 amide bonds. The molecule has 0 aromatic heterocycles. The number of nitrogens with one attached hydrogen (secondary N) is 2. The van der Waals surface area contributed by atoms with Crippen LogP contribution in [0.15, 0.2) is 72.8 Å². The maximum Gasteiger partial charge on any atom is 0.319 e. The van der Waals surface area contributed by atoms with E-state index in [4.69, 9.17) is 0 Å². The Kier molecular flexibility index (Phi) is 5.24. The van der Waals surface area contributed by atoms with E-state index in [1.165, 1.54) is 22.3 Å². The molecular formula is C26H27N3O. The highest BCUT2D eigenvalue weighted by Crippen LogP contribution is 2.32. The fourth-order valence-corrected chi connectivity index (χ4v) is 4.58. The van der Waals surface area contributed by atoms with E-state index in [9.17, 15) is 4.79 Å². The lowest BCUT2D eigenvalue weighted by Gasteiger charge is -2.32. The molecule has 0 aliphatic carbocycles. The van der Waals surface area contributed by atoms with E-state index in [1.54, 1.807) is 0 Å². The molecule has 152 valence electrons. The van der Waals surface area contributed by atoms with Crippen molar-refractivity contribution in [1.29, 1.82) is 0 Å². The lowest BCUT2D eigenvalue weighted by Crippen LogP contribution is -2.34. The van der Waals surface area contributed by atoms with Gasteiger partial charge in [0.25, 0.3) is 0 Å². The molecule has 30 heavy (non-hydrogen) atoms. The van der Waals surface area contributed by atoms with E-state index in [-0.39, 0.29) is 6.03 Å². The average Bonchev–Trinajstić information content (AvgIpc) is 2.80. The molecule has 2 aliphatic rings. The molecule has 1 saturated heterocycles. The molecule has 0 spiro atoms. The lowest BCUT2D eigenvalue weighted by molar-refractivity contribution is 0.204. The van der Waals surface area contributed by atoms with Crippen molar-refractivity contribution in [1.82, 2.24) is 10.2 Å². The number of hydrogen-bond donors (Lipinski definition) is 2. The molecule has 3 aromatic rings. The Morgan fingerprint density at radius 1 is 0.867 bits per heavy atom. The fourth-order valence-electron chi connectivity index (χ4n) is 4.58. The molecule has 5 rings (SSSR count). The van der Waals surface area contributed by atoms with Gasteiger partial charge in [-0.05, 0) is 65.7 Å². The van der Waals surface area contributed by atoms with E-state index in [0.717, 1.165) is 43.7 Å². The number of piperidine rings is 1. The van der Waals surface area contributed by atoms with E-state index < -0.39 is 0 Å². The number of carbonyl (C=O) groups excluding carboxylic acids is 1. The van der Waals surface area contributed by atoms with Gasteiger partial charge in [0.1, 0.15) is 0 Å². The maximum atomic E-state index is 11.6. The zero-order valence-electron chi connectivity index (χ0n) is 17.1. The van der Waals surface area contributed by atoms with E-state index in [2.05, 4.69) is 88.3 Å². The largest absolute Gasteiger partial charge is 0.334 e. The van der Waals surface area contributed by atoms with Crippen LogP contribution in [0.2, 0.25) is 0 Å². The van der Waals surface area contributed by atoms with Crippen LogP contribution in [-0.4, -0.2) is 24.0 Å². The Labute approximate surface area is 177 Å². The standard InChI is InChI=1S/C26H27N3O/c30-26-27-17-24-11-10-23(16-25(24)28-26)22-12-14-29(15-13-22)18-19-6-8-21(9-7-19)20-4-2-1-3-5-20/h1-11,16,22H,12-15,17-18H2,(H2,27,28,30). The Balaban J connectivity index is 1.18. The summed E-state index contributed by atoms with van der Waals surface area (Å²) in [5, 5.41) is 5.76. The van der Waals surface area contributed by atoms with E-state index >= 15 is 0 Å². The van der Waals surface area contributed by atoms with Crippen molar-refractivity contribution < 1.29 is 4.79 Å². The summed E-state index contributed by atoms with van der Waals surface area (Å²) in [4.78, 5) is 14.2. The Bertz CT molecular complexity index is 1020. The molecule has 0 saturated carbocycles.